The molecule has 1 aromatic heterocycles. The molecule has 0 unspecified atom stereocenters. The third-order valence-electron chi connectivity index (χ3n) is 7.39. The number of nitrogens with one attached hydrogen (secondary N) is 1. The van der Waals surface area contributed by atoms with E-state index in [1.807, 2.05) is 44.2 Å². The summed E-state index contributed by atoms with van der Waals surface area (Å²) in [7, 11) is 0. The molecule has 45 heavy (non-hydrogen) atoms. The van der Waals surface area contributed by atoms with Gasteiger partial charge in [-0.3, -0.25) is 14.4 Å². The van der Waals surface area contributed by atoms with Crippen LogP contribution in [0.5, 0.6) is 0 Å². The molecule has 0 saturated heterocycles. The molecule has 242 valence electrons. The zero-order valence-corrected chi connectivity index (χ0v) is 26.6. The lowest BCUT2D eigenvalue weighted by molar-refractivity contribution is -0.152. The van der Waals surface area contributed by atoms with Gasteiger partial charge in [0.2, 0.25) is 5.91 Å². The average Bonchev–Trinajstić information content (AvgIpc) is 3.52. The van der Waals surface area contributed by atoms with E-state index in [-0.39, 0.29) is 30.6 Å². The van der Waals surface area contributed by atoms with E-state index < -0.39 is 30.4 Å². The molecule has 3 rings (SSSR count). The average molecular weight is 619 g/mol. The van der Waals surface area contributed by atoms with Crippen molar-refractivity contribution in [3.63, 3.8) is 0 Å². The molecule has 0 aliphatic rings. The number of nitrogens with zero attached hydrogens (tertiary/aromatic N) is 1. The van der Waals surface area contributed by atoms with Crippen molar-refractivity contribution in [2.45, 2.75) is 91.2 Å². The first kappa shape index (κ1) is 35.1. The predicted octanol–water partition coefficient (Wildman–Crippen LogP) is 7.71. The van der Waals surface area contributed by atoms with Crippen molar-refractivity contribution in [1.29, 1.82) is 0 Å². The first-order valence-corrected chi connectivity index (χ1v) is 15.9. The number of carbonyl (C=O) groups excluding carboxylic acids is 3. The number of carboxylic acids is 1. The van der Waals surface area contributed by atoms with Crippen LogP contribution in [-0.4, -0.2) is 46.3 Å². The molecule has 1 heterocycles. The molecule has 0 fully saturated rings. The second kappa shape index (κ2) is 18.4. The molecule has 2 amide bonds. The number of hydrogen-bond acceptors (Lipinski definition) is 6. The standard InChI is InChI=1S/C36H46N2O7/c1-4-5-6-7-8-9-13-19-33(39)37-29-18-14-17-28(23-29)31-20-21-32(45-31)35(42)38(24-34(40)41)30(22-26(2)3)36(43)44-25-27-15-11-10-12-16-27/h10-12,14-18,20-21,23,26,30H,4-9,13,19,22,24-25H2,1-3H3,(H,37,39)(H,40,41)/t30-/m0/s1. The quantitative estimate of drug-likeness (QED) is 0.104. The Labute approximate surface area is 266 Å². The second-order valence-corrected chi connectivity index (χ2v) is 11.7. The zero-order chi connectivity index (χ0) is 32.6. The van der Waals surface area contributed by atoms with Gasteiger partial charge in [-0.2, -0.15) is 0 Å². The number of unbranched alkanes of at least 4 members (excludes halogenated alkanes) is 6. The molecule has 9 heteroatoms. The van der Waals surface area contributed by atoms with Gasteiger partial charge < -0.3 is 24.5 Å². The maximum atomic E-state index is 13.6. The van der Waals surface area contributed by atoms with Gasteiger partial charge in [-0.15, -0.1) is 0 Å². The third kappa shape index (κ3) is 11.9. The van der Waals surface area contributed by atoms with E-state index in [1.54, 1.807) is 30.3 Å². The van der Waals surface area contributed by atoms with Gasteiger partial charge in [0.1, 0.15) is 25.0 Å². The van der Waals surface area contributed by atoms with Crippen molar-refractivity contribution in [1.82, 2.24) is 4.90 Å². The Morgan fingerprint density at radius 2 is 1.60 bits per heavy atom. The van der Waals surface area contributed by atoms with Crippen LogP contribution >= 0.6 is 0 Å². The van der Waals surface area contributed by atoms with Gasteiger partial charge in [-0.25, -0.2) is 4.79 Å². The van der Waals surface area contributed by atoms with Crippen molar-refractivity contribution in [2.75, 3.05) is 11.9 Å². The minimum atomic E-state index is -1.26. The highest BCUT2D eigenvalue weighted by atomic mass is 16.5. The summed E-state index contributed by atoms with van der Waals surface area (Å²) < 4.78 is 11.4. The van der Waals surface area contributed by atoms with Crippen LogP contribution in [0.4, 0.5) is 5.69 Å². The number of aliphatic carboxylic acids is 1. The Kier molecular flexibility index (Phi) is 14.4. The summed E-state index contributed by atoms with van der Waals surface area (Å²) in [6.45, 7) is 5.25. The molecule has 0 radical (unpaired) electrons. The Balaban J connectivity index is 1.69. The highest BCUT2D eigenvalue weighted by Crippen LogP contribution is 2.27. The van der Waals surface area contributed by atoms with Crippen LogP contribution in [0.15, 0.2) is 71.1 Å². The van der Waals surface area contributed by atoms with Crippen molar-refractivity contribution < 1.29 is 33.4 Å². The first-order chi connectivity index (χ1) is 21.7. The van der Waals surface area contributed by atoms with E-state index in [0.717, 1.165) is 29.7 Å². The highest BCUT2D eigenvalue weighted by molar-refractivity contribution is 5.97. The van der Waals surface area contributed by atoms with Gasteiger partial charge in [-0.1, -0.05) is 102 Å². The van der Waals surface area contributed by atoms with Gasteiger partial charge in [0.05, 0.1) is 0 Å². The molecule has 0 spiro atoms. The summed E-state index contributed by atoms with van der Waals surface area (Å²) in [6, 6.07) is 18.2. The highest BCUT2D eigenvalue weighted by Gasteiger charge is 2.35. The number of anilines is 1. The molecule has 2 aromatic carbocycles. The van der Waals surface area contributed by atoms with Gasteiger partial charge in [0.15, 0.2) is 5.76 Å². The van der Waals surface area contributed by atoms with Crippen molar-refractivity contribution >= 4 is 29.4 Å². The van der Waals surface area contributed by atoms with Gasteiger partial charge in [-0.05, 0) is 48.6 Å². The van der Waals surface area contributed by atoms with E-state index in [9.17, 15) is 24.3 Å². The van der Waals surface area contributed by atoms with Crippen molar-refractivity contribution in [3.8, 4) is 11.3 Å². The molecular weight excluding hydrogens is 572 g/mol. The van der Waals surface area contributed by atoms with Crippen LogP contribution in [0, 0.1) is 5.92 Å². The maximum Gasteiger partial charge on any atom is 0.329 e. The number of carboxylic acid groups (broad SMARTS) is 1. The van der Waals surface area contributed by atoms with Crippen LogP contribution in [-0.2, 0) is 25.7 Å². The number of hydrogen-bond donors (Lipinski definition) is 2. The summed E-state index contributed by atoms with van der Waals surface area (Å²) in [5.41, 5.74) is 2.01. The Morgan fingerprint density at radius 3 is 2.29 bits per heavy atom. The van der Waals surface area contributed by atoms with Crippen LogP contribution in [0.25, 0.3) is 11.3 Å². The summed E-state index contributed by atoms with van der Waals surface area (Å²) in [4.78, 5) is 52.2. The van der Waals surface area contributed by atoms with Crippen LogP contribution < -0.4 is 5.32 Å². The first-order valence-electron chi connectivity index (χ1n) is 15.9. The van der Waals surface area contributed by atoms with E-state index in [2.05, 4.69) is 12.2 Å². The Bertz CT molecular complexity index is 1380. The number of ether oxygens (including phenoxy) is 1. The normalized spacial score (nSPS) is 11.6. The molecule has 1 atom stereocenters. The number of rotatable bonds is 19. The monoisotopic (exact) mass is 618 g/mol. The lowest BCUT2D eigenvalue weighted by Crippen LogP contribution is -2.48. The van der Waals surface area contributed by atoms with Crippen LogP contribution in [0.1, 0.15) is 94.7 Å². The Morgan fingerprint density at radius 1 is 0.889 bits per heavy atom. The summed E-state index contributed by atoms with van der Waals surface area (Å²) in [6.07, 6.45) is 8.58. The second-order valence-electron chi connectivity index (χ2n) is 11.7. The molecule has 9 nitrogen and oxygen atoms in total. The zero-order valence-electron chi connectivity index (χ0n) is 26.6. The minimum absolute atomic E-state index is 0.000195. The van der Waals surface area contributed by atoms with Crippen molar-refractivity contribution in [2.24, 2.45) is 5.92 Å². The summed E-state index contributed by atoms with van der Waals surface area (Å²) in [5.74, 6) is -2.51. The van der Waals surface area contributed by atoms with Gasteiger partial charge >= 0.3 is 11.9 Å². The van der Waals surface area contributed by atoms with E-state index >= 15 is 0 Å². The fraction of sp³-hybridized carbons (Fsp3) is 0.444. The number of carbonyl (C=O) groups is 4. The van der Waals surface area contributed by atoms with Gasteiger partial charge in [0.25, 0.3) is 5.91 Å². The minimum Gasteiger partial charge on any atom is -0.480 e. The Hall–Kier alpha value is -4.40. The summed E-state index contributed by atoms with van der Waals surface area (Å²) in [5, 5.41) is 12.6. The fourth-order valence-corrected chi connectivity index (χ4v) is 5.06. The lowest BCUT2D eigenvalue weighted by atomic mass is 10.0. The summed E-state index contributed by atoms with van der Waals surface area (Å²) >= 11 is 0. The molecule has 0 aliphatic carbocycles. The van der Waals surface area contributed by atoms with E-state index in [0.29, 0.717) is 23.4 Å². The maximum absolute atomic E-state index is 13.6. The molecule has 0 saturated carbocycles. The molecule has 0 bridgehead atoms. The van der Waals surface area contributed by atoms with Crippen LogP contribution in [0.2, 0.25) is 0 Å². The number of esters is 1. The smallest absolute Gasteiger partial charge is 0.329 e. The SMILES string of the molecule is CCCCCCCCCC(=O)Nc1cccc(-c2ccc(C(=O)N(CC(=O)O)[C@@H](CC(C)C)C(=O)OCc3ccccc3)o2)c1. The van der Waals surface area contributed by atoms with E-state index in [1.165, 1.54) is 31.7 Å². The molecule has 0 aliphatic heterocycles. The van der Waals surface area contributed by atoms with Crippen LogP contribution in [0.3, 0.4) is 0 Å². The number of furan rings is 1. The lowest BCUT2D eigenvalue weighted by Gasteiger charge is -2.29. The van der Waals surface area contributed by atoms with E-state index in [4.69, 9.17) is 9.15 Å². The largest absolute Gasteiger partial charge is 0.480 e. The molecule has 2 N–H and O–H groups in total. The topological polar surface area (TPSA) is 126 Å². The number of amides is 2. The number of benzene rings is 2. The fourth-order valence-electron chi connectivity index (χ4n) is 5.06. The van der Waals surface area contributed by atoms with Crippen molar-refractivity contribution in [3.05, 3.63) is 78.1 Å². The van der Waals surface area contributed by atoms with Gasteiger partial charge in [0, 0.05) is 17.7 Å². The molecule has 3 aromatic rings. The predicted molar refractivity (Wildman–Crippen MR) is 174 cm³/mol. The third-order valence-corrected chi connectivity index (χ3v) is 7.39. The molecular formula is C36H46N2O7.